The van der Waals surface area contributed by atoms with Gasteiger partial charge in [-0.3, -0.25) is 9.59 Å². The van der Waals surface area contributed by atoms with Crippen molar-refractivity contribution in [3.63, 3.8) is 0 Å². The van der Waals surface area contributed by atoms with Crippen molar-refractivity contribution in [3.8, 4) is 0 Å². The number of anilines is 2. The second-order valence-electron chi connectivity index (χ2n) is 16.0. The summed E-state index contributed by atoms with van der Waals surface area (Å²) < 4.78 is 0. The van der Waals surface area contributed by atoms with E-state index in [-0.39, 0.29) is 46.9 Å². The van der Waals surface area contributed by atoms with Crippen LogP contribution in [0.1, 0.15) is 82.7 Å². The first-order valence-electron chi connectivity index (χ1n) is 18.4. The summed E-state index contributed by atoms with van der Waals surface area (Å²) in [6.07, 6.45) is 14.8. The molecule has 4 atom stereocenters. The molecule has 2 aromatic heterocycles. The van der Waals surface area contributed by atoms with Crippen LogP contribution in [0.4, 0.5) is 11.6 Å². The van der Waals surface area contributed by atoms with Gasteiger partial charge in [0.2, 0.25) is 11.8 Å². The maximum atomic E-state index is 12.2. The number of likely N-dealkylation sites (tertiary alicyclic amines) is 2. The van der Waals surface area contributed by atoms with Crippen LogP contribution in [0.15, 0.2) is 28.4 Å². The number of pyridine rings is 1. The van der Waals surface area contributed by atoms with Gasteiger partial charge >= 0.3 is 0 Å². The van der Waals surface area contributed by atoms with Crippen LogP contribution in [0.5, 0.6) is 0 Å². The van der Waals surface area contributed by atoms with Crippen molar-refractivity contribution in [3.05, 3.63) is 29.2 Å². The van der Waals surface area contributed by atoms with Crippen molar-refractivity contribution in [2.75, 3.05) is 50.9 Å². The van der Waals surface area contributed by atoms with Crippen molar-refractivity contribution >= 4 is 46.8 Å². The Morgan fingerprint density at radius 1 is 0.922 bits per heavy atom. The predicted octanol–water partition coefficient (Wildman–Crippen LogP) is 2.92. The first-order valence-corrected chi connectivity index (χ1v) is 19.6. The number of hydrogen-bond donors (Lipinski definition) is 5. The van der Waals surface area contributed by atoms with Gasteiger partial charge in [-0.05, 0) is 94.2 Å². The number of nitrogens with zero attached hydrogens (tertiary/aromatic N) is 6. The summed E-state index contributed by atoms with van der Waals surface area (Å²) >= 11 is 7.59. The third-order valence-corrected chi connectivity index (χ3v) is 15.1. The third kappa shape index (κ3) is 6.47. The molecule has 4 spiro atoms. The second kappa shape index (κ2) is 13.9. The monoisotopic (exact) mass is 740 g/mol. The molecular weight excluding hydrogens is 688 g/mol. The number of aromatic nitrogens is 3. The van der Waals surface area contributed by atoms with Gasteiger partial charge in [-0.15, -0.1) is 0 Å². The minimum Gasteiger partial charge on any atom is -0.390 e. The van der Waals surface area contributed by atoms with E-state index in [2.05, 4.69) is 25.2 Å². The number of nitrogens with one attached hydrogen (secondary N) is 1. The zero-order valence-electron chi connectivity index (χ0n) is 29.9. The molecule has 2 amide bonds. The second-order valence-corrected chi connectivity index (χ2v) is 17.5. The van der Waals surface area contributed by atoms with Crippen LogP contribution in [-0.2, 0) is 16.2 Å². The minimum atomic E-state index is -0.208. The van der Waals surface area contributed by atoms with Gasteiger partial charge in [-0.1, -0.05) is 23.4 Å². The standard InChI is InChI=1S/C23H30ClN7O2S.C13H23N3O/c1-30-18(33)2-4-23(30)10-16(25)22(13-23)5-8-31(9-6-22)21-14(12-32)29-17(11-28-21)34-15-3-7-27-20(26)19(15)24;1-16-11(17)2-3-13(16)8-10(14)12(9-13)4-6-15-7-5-12/h3,7,11,16,32H,2,4-6,8-10,12-13,25H2,1H3,(H2,26,27);10,15H,2-9,14H2,1H3. The number of piperidine rings is 2. The van der Waals surface area contributed by atoms with Gasteiger partial charge in [0.25, 0.3) is 0 Å². The highest BCUT2D eigenvalue weighted by atomic mass is 35.5. The van der Waals surface area contributed by atoms with E-state index in [4.69, 9.17) is 28.8 Å². The Hall–Kier alpha value is -2.75. The fourth-order valence-electron chi connectivity index (χ4n) is 10.4. The van der Waals surface area contributed by atoms with Crippen molar-refractivity contribution in [1.29, 1.82) is 0 Å². The Balaban J connectivity index is 0.000000199. The maximum Gasteiger partial charge on any atom is 0.222 e. The number of rotatable bonds is 4. The maximum absolute atomic E-state index is 12.2. The van der Waals surface area contributed by atoms with Crippen LogP contribution >= 0.6 is 23.4 Å². The van der Waals surface area contributed by atoms with E-state index < -0.39 is 0 Å². The number of hydrogen-bond acceptors (Lipinski definition) is 12. The summed E-state index contributed by atoms with van der Waals surface area (Å²) in [5.74, 6) is 1.51. The normalized spacial score (nSPS) is 31.1. The molecule has 8 rings (SSSR count). The lowest BCUT2D eigenvalue weighted by Gasteiger charge is -2.43. The van der Waals surface area contributed by atoms with E-state index in [1.54, 1.807) is 18.5 Å². The van der Waals surface area contributed by atoms with Crippen LogP contribution in [0.25, 0.3) is 0 Å². The molecule has 278 valence electrons. The highest BCUT2D eigenvalue weighted by Crippen LogP contribution is 2.56. The summed E-state index contributed by atoms with van der Waals surface area (Å²) in [5.41, 5.74) is 19.8. The number of carbonyl (C=O) groups is 2. The fourth-order valence-corrected chi connectivity index (χ4v) is 11.4. The SMILES string of the molecule is CN1C(=O)CCC12CC(N)C1(CCN(c3ncc(Sc4ccnc(N)c4Cl)nc3CO)CC1)C2.CN1C(=O)CCC12CC(N)C1(CCNCC1)C2. The molecule has 6 aliphatic rings. The number of aliphatic hydroxyl groups excluding tert-OH is 1. The lowest BCUT2D eigenvalue weighted by molar-refractivity contribution is -0.130. The van der Waals surface area contributed by atoms with E-state index in [9.17, 15) is 14.7 Å². The van der Waals surface area contributed by atoms with Gasteiger partial charge in [0.05, 0.1) is 17.8 Å². The van der Waals surface area contributed by atoms with E-state index >= 15 is 0 Å². The molecule has 2 aliphatic carbocycles. The molecule has 4 aliphatic heterocycles. The highest BCUT2D eigenvalue weighted by molar-refractivity contribution is 7.99. The van der Waals surface area contributed by atoms with Crippen molar-refractivity contribution < 1.29 is 14.7 Å². The molecule has 2 aromatic rings. The van der Waals surface area contributed by atoms with E-state index in [0.717, 1.165) is 88.9 Å². The Bertz CT molecular complexity index is 1650. The average Bonchev–Trinajstić information content (AvgIpc) is 3.77. The number of carbonyl (C=O) groups excluding carboxylic acids is 2. The van der Waals surface area contributed by atoms with Gasteiger partial charge in [-0.25, -0.2) is 15.0 Å². The Labute approximate surface area is 309 Å². The van der Waals surface area contributed by atoms with E-state index in [1.807, 2.05) is 23.9 Å². The summed E-state index contributed by atoms with van der Waals surface area (Å²) in [7, 11) is 3.91. The van der Waals surface area contributed by atoms with Gasteiger partial charge in [0, 0.05) is 74.3 Å². The number of amides is 2. The molecule has 0 radical (unpaired) electrons. The first-order chi connectivity index (χ1) is 24.3. The lowest BCUT2D eigenvalue weighted by atomic mass is 9.73. The number of halogens is 1. The molecule has 4 saturated heterocycles. The summed E-state index contributed by atoms with van der Waals surface area (Å²) in [6, 6.07) is 2.13. The molecule has 4 unspecified atom stereocenters. The number of nitrogen functional groups attached to an aromatic ring is 1. The molecule has 15 heteroatoms. The molecule has 13 nitrogen and oxygen atoms in total. The van der Waals surface area contributed by atoms with Crippen molar-refractivity contribution in [1.82, 2.24) is 30.1 Å². The van der Waals surface area contributed by atoms with Crippen LogP contribution in [0.3, 0.4) is 0 Å². The summed E-state index contributed by atoms with van der Waals surface area (Å²) in [5, 5.41) is 14.5. The van der Waals surface area contributed by atoms with Gasteiger partial charge < -0.3 is 42.3 Å². The topological polar surface area (TPSA) is 193 Å². The molecule has 51 heavy (non-hydrogen) atoms. The molecule has 6 heterocycles. The van der Waals surface area contributed by atoms with Gasteiger partial charge in [0.15, 0.2) is 5.82 Å². The predicted molar refractivity (Wildman–Crippen MR) is 198 cm³/mol. The lowest BCUT2D eigenvalue weighted by Crippen LogP contribution is -2.47. The smallest absolute Gasteiger partial charge is 0.222 e. The van der Waals surface area contributed by atoms with Crippen molar-refractivity contribution in [2.24, 2.45) is 22.3 Å². The van der Waals surface area contributed by atoms with Gasteiger partial charge in [0.1, 0.15) is 16.5 Å². The molecule has 2 saturated carbocycles. The Kier molecular flexibility index (Phi) is 9.98. The Morgan fingerprint density at radius 3 is 2.02 bits per heavy atom. The molecule has 8 N–H and O–H groups in total. The van der Waals surface area contributed by atoms with Crippen LogP contribution in [-0.4, -0.2) is 105 Å². The van der Waals surface area contributed by atoms with Gasteiger partial charge in [-0.2, -0.15) is 0 Å². The summed E-state index contributed by atoms with van der Waals surface area (Å²) in [4.78, 5) is 44.2. The van der Waals surface area contributed by atoms with Crippen molar-refractivity contribution in [2.45, 2.75) is 117 Å². The minimum absolute atomic E-state index is 0.0377. The van der Waals surface area contributed by atoms with Crippen LogP contribution in [0, 0.1) is 10.8 Å². The largest absolute Gasteiger partial charge is 0.390 e. The van der Waals surface area contributed by atoms with Crippen LogP contribution < -0.4 is 27.4 Å². The fraction of sp³-hybridized carbons (Fsp3) is 0.694. The van der Waals surface area contributed by atoms with Crippen LogP contribution in [0.2, 0.25) is 5.02 Å². The van der Waals surface area contributed by atoms with E-state index in [0.29, 0.717) is 39.3 Å². The zero-order valence-corrected chi connectivity index (χ0v) is 31.4. The Morgan fingerprint density at radius 2 is 1.49 bits per heavy atom. The molecular formula is C36H53ClN10O3S. The number of nitrogens with two attached hydrogens (primary N) is 3. The first kappa shape index (κ1) is 36.6. The summed E-state index contributed by atoms with van der Waals surface area (Å²) in [6.45, 7) is 3.55. The molecule has 6 fully saturated rings. The molecule has 0 aromatic carbocycles. The highest BCUT2D eigenvalue weighted by Gasteiger charge is 2.59. The third-order valence-electron chi connectivity index (χ3n) is 13.6. The number of aliphatic hydroxyl groups is 1. The van der Waals surface area contributed by atoms with E-state index in [1.165, 1.54) is 24.6 Å². The quantitative estimate of drug-likeness (QED) is 0.308. The average molecular weight is 741 g/mol. The molecule has 0 bridgehead atoms. The zero-order chi connectivity index (χ0) is 36.2.